The smallest absolute Gasteiger partial charge is 0.342 e. The molecule has 3 rings (SSSR count). The van der Waals surface area contributed by atoms with Crippen molar-refractivity contribution in [1.29, 1.82) is 5.26 Å². The third-order valence-electron chi connectivity index (χ3n) is 3.60. The van der Waals surface area contributed by atoms with E-state index in [2.05, 4.69) is 11.1 Å². The molecule has 0 bridgehead atoms. The number of aryl methyl sites for hydroxylation is 1. The monoisotopic (exact) mass is 364 g/mol. The lowest BCUT2D eigenvalue weighted by Gasteiger charge is -2.10. The second-order valence-electron chi connectivity index (χ2n) is 5.53. The zero-order valence-corrected chi connectivity index (χ0v) is 15.0. The van der Waals surface area contributed by atoms with Gasteiger partial charge in [-0.2, -0.15) is 5.26 Å². The summed E-state index contributed by atoms with van der Waals surface area (Å²) in [7, 11) is 0. The standard InChI is InChI=1S/C20H16N2O3S/c1-14-22-17(13-26-14)12-24-19-5-3-2-4-18(19)20(23)25-11-16-8-6-15(10-21)7-9-16/h2-9,13H,11-12H2,1H3. The van der Waals surface area contributed by atoms with Crippen molar-refractivity contribution < 1.29 is 14.3 Å². The highest BCUT2D eigenvalue weighted by Gasteiger charge is 2.14. The second-order valence-corrected chi connectivity index (χ2v) is 6.59. The van der Waals surface area contributed by atoms with Crippen molar-refractivity contribution in [2.75, 3.05) is 0 Å². The number of hydrogen-bond acceptors (Lipinski definition) is 6. The fraction of sp³-hybridized carbons (Fsp3) is 0.150. The molecule has 0 N–H and O–H groups in total. The second kappa shape index (κ2) is 8.28. The van der Waals surface area contributed by atoms with Crippen LogP contribution in [0.25, 0.3) is 0 Å². The molecule has 1 aromatic heterocycles. The molecule has 26 heavy (non-hydrogen) atoms. The Kier molecular flexibility index (Phi) is 5.62. The zero-order valence-electron chi connectivity index (χ0n) is 14.1. The van der Waals surface area contributed by atoms with Crippen molar-refractivity contribution in [3.05, 3.63) is 81.3 Å². The van der Waals surface area contributed by atoms with Gasteiger partial charge in [-0.05, 0) is 36.8 Å². The number of hydrogen-bond donors (Lipinski definition) is 0. The molecule has 6 heteroatoms. The van der Waals surface area contributed by atoms with Crippen LogP contribution in [0.1, 0.15) is 32.2 Å². The molecule has 130 valence electrons. The molecule has 0 spiro atoms. The van der Waals surface area contributed by atoms with E-state index in [1.807, 2.05) is 12.3 Å². The van der Waals surface area contributed by atoms with Gasteiger partial charge in [-0.15, -0.1) is 11.3 Å². The van der Waals surface area contributed by atoms with Gasteiger partial charge in [0.15, 0.2) is 0 Å². The van der Waals surface area contributed by atoms with Gasteiger partial charge in [0.25, 0.3) is 0 Å². The van der Waals surface area contributed by atoms with E-state index in [-0.39, 0.29) is 6.61 Å². The van der Waals surface area contributed by atoms with E-state index in [1.165, 1.54) is 0 Å². The molecule has 0 atom stereocenters. The lowest BCUT2D eigenvalue weighted by atomic mass is 10.1. The highest BCUT2D eigenvalue weighted by atomic mass is 32.1. The summed E-state index contributed by atoms with van der Waals surface area (Å²) >= 11 is 1.56. The van der Waals surface area contributed by atoms with Crippen LogP contribution in [0.15, 0.2) is 53.9 Å². The molecule has 0 aliphatic carbocycles. The highest BCUT2D eigenvalue weighted by Crippen LogP contribution is 2.21. The van der Waals surface area contributed by atoms with Crippen molar-refractivity contribution in [2.24, 2.45) is 0 Å². The molecule has 0 saturated heterocycles. The Bertz CT molecular complexity index is 942. The number of thiazole rings is 1. The van der Waals surface area contributed by atoms with Crippen LogP contribution < -0.4 is 4.74 Å². The van der Waals surface area contributed by atoms with Gasteiger partial charge in [0.05, 0.1) is 22.3 Å². The van der Waals surface area contributed by atoms with Gasteiger partial charge in [-0.1, -0.05) is 24.3 Å². The number of nitrogens with zero attached hydrogens (tertiary/aromatic N) is 2. The lowest BCUT2D eigenvalue weighted by molar-refractivity contribution is 0.0467. The minimum absolute atomic E-state index is 0.129. The summed E-state index contributed by atoms with van der Waals surface area (Å²) in [5.74, 6) is 0.00222. The summed E-state index contributed by atoms with van der Waals surface area (Å²) in [6.45, 7) is 2.36. The van der Waals surface area contributed by atoms with Crippen molar-refractivity contribution in [3.63, 3.8) is 0 Å². The van der Waals surface area contributed by atoms with Gasteiger partial charge in [-0.3, -0.25) is 0 Å². The number of ether oxygens (including phenoxy) is 2. The van der Waals surface area contributed by atoms with Crippen molar-refractivity contribution >= 4 is 17.3 Å². The largest absolute Gasteiger partial charge is 0.486 e. The van der Waals surface area contributed by atoms with Gasteiger partial charge in [-0.25, -0.2) is 9.78 Å². The van der Waals surface area contributed by atoms with Crippen LogP contribution in [0.4, 0.5) is 0 Å². The number of carbonyl (C=O) groups is 1. The van der Waals surface area contributed by atoms with Crippen molar-refractivity contribution in [2.45, 2.75) is 20.1 Å². The fourth-order valence-electron chi connectivity index (χ4n) is 2.29. The van der Waals surface area contributed by atoms with Crippen molar-refractivity contribution in [1.82, 2.24) is 4.98 Å². The van der Waals surface area contributed by atoms with E-state index < -0.39 is 5.97 Å². The molecule has 0 amide bonds. The average molecular weight is 364 g/mol. The zero-order chi connectivity index (χ0) is 18.4. The molecular formula is C20H16N2O3S. The summed E-state index contributed by atoms with van der Waals surface area (Å²) in [4.78, 5) is 16.8. The molecule has 0 radical (unpaired) electrons. The summed E-state index contributed by atoms with van der Waals surface area (Å²) < 4.78 is 11.1. The number of rotatable bonds is 6. The Morgan fingerprint density at radius 2 is 1.92 bits per heavy atom. The number of para-hydroxylation sites is 1. The van der Waals surface area contributed by atoms with E-state index in [0.717, 1.165) is 16.3 Å². The molecule has 2 aromatic carbocycles. The van der Waals surface area contributed by atoms with Gasteiger partial charge < -0.3 is 9.47 Å². The van der Waals surface area contributed by atoms with Crippen LogP contribution in [-0.4, -0.2) is 11.0 Å². The summed E-state index contributed by atoms with van der Waals surface area (Å²) in [5.41, 5.74) is 2.58. The first-order valence-corrected chi connectivity index (χ1v) is 8.82. The quantitative estimate of drug-likeness (QED) is 0.611. The highest BCUT2D eigenvalue weighted by molar-refractivity contribution is 7.09. The Balaban J connectivity index is 1.64. The number of esters is 1. The van der Waals surface area contributed by atoms with Crippen molar-refractivity contribution in [3.8, 4) is 11.8 Å². The summed E-state index contributed by atoms with van der Waals surface area (Å²) in [6, 6.07) is 15.9. The average Bonchev–Trinajstić information content (AvgIpc) is 3.10. The van der Waals surface area contributed by atoms with Crippen LogP contribution in [0.2, 0.25) is 0 Å². The first-order chi connectivity index (χ1) is 12.7. The maximum atomic E-state index is 12.4. The van der Waals surface area contributed by atoms with Crippen LogP contribution in [0.3, 0.4) is 0 Å². The van der Waals surface area contributed by atoms with Crippen LogP contribution >= 0.6 is 11.3 Å². The maximum absolute atomic E-state index is 12.4. The van der Waals surface area contributed by atoms with E-state index in [4.69, 9.17) is 14.7 Å². The predicted molar refractivity (Wildman–Crippen MR) is 97.9 cm³/mol. The number of carbonyl (C=O) groups excluding carboxylic acids is 1. The van der Waals surface area contributed by atoms with E-state index in [9.17, 15) is 4.79 Å². The SMILES string of the molecule is Cc1nc(COc2ccccc2C(=O)OCc2ccc(C#N)cc2)cs1. The van der Waals surface area contributed by atoms with E-state index in [1.54, 1.807) is 59.9 Å². The van der Waals surface area contributed by atoms with E-state index >= 15 is 0 Å². The van der Waals surface area contributed by atoms with Crippen LogP contribution in [-0.2, 0) is 18.0 Å². The molecule has 0 aliphatic rings. The number of benzene rings is 2. The first kappa shape index (κ1) is 17.6. The molecule has 1 heterocycles. The topological polar surface area (TPSA) is 72.2 Å². The Hall–Kier alpha value is -3.17. The molecule has 0 fully saturated rings. The van der Waals surface area contributed by atoms with E-state index in [0.29, 0.717) is 23.5 Å². The Morgan fingerprint density at radius 1 is 1.15 bits per heavy atom. The normalized spacial score (nSPS) is 10.2. The number of nitriles is 1. The third kappa shape index (κ3) is 4.47. The molecule has 3 aromatic rings. The fourth-order valence-corrected chi connectivity index (χ4v) is 2.89. The lowest BCUT2D eigenvalue weighted by Crippen LogP contribution is -2.08. The molecule has 5 nitrogen and oxygen atoms in total. The molecule has 0 unspecified atom stereocenters. The van der Waals surface area contributed by atoms with Gasteiger partial charge in [0.1, 0.15) is 24.5 Å². The Morgan fingerprint density at radius 3 is 2.62 bits per heavy atom. The summed E-state index contributed by atoms with van der Waals surface area (Å²) in [6.07, 6.45) is 0. The Labute approximate surface area is 155 Å². The maximum Gasteiger partial charge on any atom is 0.342 e. The van der Waals surface area contributed by atoms with Gasteiger partial charge >= 0.3 is 5.97 Å². The van der Waals surface area contributed by atoms with Gasteiger partial charge in [0.2, 0.25) is 0 Å². The minimum Gasteiger partial charge on any atom is -0.486 e. The molecular weight excluding hydrogens is 348 g/mol. The predicted octanol–water partition coefficient (Wildman–Crippen LogP) is 4.26. The third-order valence-corrected chi connectivity index (χ3v) is 4.42. The summed E-state index contributed by atoms with van der Waals surface area (Å²) in [5, 5.41) is 11.7. The van der Waals surface area contributed by atoms with Gasteiger partial charge in [0, 0.05) is 5.38 Å². The number of aromatic nitrogens is 1. The first-order valence-electron chi connectivity index (χ1n) is 7.94. The molecule has 0 aliphatic heterocycles. The minimum atomic E-state index is -0.459. The van der Waals surface area contributed by atoms with Crippen LogP contribution in [0.5, 0.6) is 5.75 Å². The molecule has 0 saturated carbocycles. The van der Waals surface area contributed by atoms with Crippen LogP contribution in [0, 0.1) is 18.3 Å².